The Morgan fingerprint density at radius 2 is 1.79 bits per heavy atom. The monoisotopic (exact) mass is 408 g/mol. The van der Waals surface area contributed by atoms with E-state index in [1.165, 1.54) is 0 Å². The van der Waals surface area contributed by atoms with E-state index in [-0.39, 0.29) is 17.3 Å². The molecule has 0 radical (unpaired) electrons. The van der Waals surface area contributed by atoms with Crippen molar-refractivity contribution >= 4 is 5.97 Å². The van der Waals surface area contributed by atoms with E-state index in [1.807, 2.05) is 0 Å². The summed E-state index contributed by atoms with van der Waals surface area (Å²) in [5.41, 5.74) is -1.20. The fraction of sp³-hybridized carbons (Fsp3) is 0.958. The first-order valence-corrected chi connectivity index (χ1v) is 11.8. The third-order valence-electron chi connectivity index (χ3n) is 10.5. The number of aliphatic hydroxyl groups excluding tert-OH is 2. The zero-order valence-electron chi connectivity index (χ0n) is 18.3. The van der Waals surface area contributed by atoms with Crippen LogP contribution in [0.15, 0.2) is 0 Å². The van der Waals surface area contributed by atoms with E-state index >= 15 is 0 Å². The van der Waals surface area contributed by atoms with Crippen LogP contribution in [-0.4, -0.2) is 44.2 Å². The Kier molecular flexibility index (Phi) is 5.36. The highest BCUT2D eigenvalue weighted by atomic mass is 16.4. The van der Waals surface area contributed by atoms with Gasteiger partial charge < -0.3 is 20.4 Å². The SMILES string of the molecule is C[C@H](CCC(=O)O)[C@H]1CC[C@H]2[C@@H]3CC[C@]4(O)C[C@H](O)CC[C@]4(C)[C@H]3C[C@H](O)[C@]12C. The van der Waals surface area contributed by atoms with E-state index in [1.54, 1.807) is 0 Å². The van der Waals surface area contributed by atoms with Gasteiger partial charge in [-0.25, -0.2) is 0 Å². The van der Waals surface area contributed by atoms with Crippen LogP contribution in [0, 0.1) is 40.4 Å². The fourth-order valence-corrected chi connectivity index (χ4v) is 8.71. The maximum absolute atomic E-state index is 11.5. The predicted molar refractivity (Wildman–Crippen MR) is 110 cm³/mol. The Morgan fingerprint density at radius 1 is 1.07 bits per heavy atom. The molecule has 0 aromatic rings. The highest BCUT2D eigenvalue weighted by Gasteiger charge is 2.66. The van der Waals surface area contributed by atoms with Crippen LogP contribution < -0.4 is 0 Å². The van der Waals surface area contributed by atoms with E-state index in [9.17, 15) is 20.1 Å². The second kappa shape index (κ2) is 7.20. The second-order valence-electron chi connectivity index (χ2n) is 11.5. The van der Waals surface area contributed by atoms with Crippen molar-refractivity contribution in [3.63, 3.8) is 0 Å². The van der Waals surface area contributed by atoms with Crippen molar-refractivity contribution in [3.05, 3.63) is 0 Å². The van der Waals surface area contributed by atoms with Crippen molar-refractivity contribution in [3.8, 4) is 0 Å². The van der Waals surface area contributed by atoms with Crippen LogP contribution in [0.1, 0.15) is 85.0 Å². The van der Waals surface area contributed by atoms with Crippen molar-refractivity contribution in [1.29, 1.82) is 0 Å². The molecule has 29 heavy (non-hydrogen) atoms. The first-order valence-electron chi connectivity index (χ1n) is 11.8. The summed E-state index contributed by atoms with van der Waals surface area (Å²) in [6, 6.07) is 0. The van der Waals surface area contributed by atoms with E-state index < -0.39 is 23.8 Å². The number of aliphatic carboxylic acids is 1. The van der Waals surface area contributed by atoms with Crippen molar-refractivity contribution in [1.82, 2.24) is 0 Å². The number of aliphatic hydroxyl groups is 3. The minimum absolute atomic E-state index is 0.154. The van der Waals surface area contributed by atoms with Crippen molar-refractivity contribution in [2.24, 2.45) is 40.4 Å². The standard InChI is InChI=1S/C24H40O5/c1-14(4-7-21(27)28)17-5-6-18-16-9-11-24(29)13-15(25)8-10-22(24,2)19(16)12-20(26)23(17,18)3/h14-20,25-26,29H,4-13H2,1-3H3,(H,27,28)/t14-,15-,16+,17-,18+,19+,20+,22-,23-,24+/m1/s1. The third kappa shape index (κ3) is 3.10. The number of rotatable bonds is 4. The lowest BCUT2D eigenvalue weighted by Gasteiger charge is -2.65. The Hall–Kier alpha value is -0.650. The van der Waals surface area contributed by atoms with Crippen LogP contribution in [0.2, 0.25) is 0 Å². The minimum Gasteiger partial charge on any atom is -0.481 e. The van der Waals surface area contributed by atoms with Crippen LogP contribution in [0.5, 0.6) is 0 Å². The van der Waals surface area contributed by atoms with Gasteiger partial charge in [0, 0.05) is 12.8 Å². The number of carbonyl (C=O) groups is 1. The maximum atomic E-state index is 11.5. The summed E-state index contributed by atoms with van der Waals surface area (Å²) in [5.74, 6) is 1.19. The van der Waals surface area contributed by atoms with Gasteiger partial charge in [0.15, 0.2) is 0 Å². The Labute approximate surface area is 174 Å². The smallest absolute Gasteiger partial charge is 0.303 e. The van der Waals surface area contributed by atoms with Crippen LogP contribution in [0.3, 0.4) is 0 Å². The average molecular weight is 409 g/mol. The Bertz CT molecular complexity index is 651. The van der Waals surface area contributed by atoms with Crippen LogP contribution in [0.25, 0.3) is 0 Å². The molecule has 0 aromatic carbocycles. The lowest BCUT2D eigenvalue weighted by molar-refractivity contribution is -0.237. The van der Waals surface area contributed by atoms with Crippen LogP contribution in [0.4, 0.5) is 0 Å². The third-order valence-corrected chi connectivity index (χ3v) is 10.5. The summed E-state index contributed by atoms with van der Waals surface area (Å²) in [7, 11) is 0. The summed E-state index contributed by atoms with van der Waals surface area (Å²) in [4.78, 5) is 11.1. The van der Waals surface area contributed by atoms with Gasteiger partial charge in [-0.3, -0.25) is 4.79 Å². The zero-order valence-corrected chi connectivity index (χ0v) is 18.3. The molecule has 5 nitrogen and oxygen atoms in total. The van der Waals surface area contributed by atoms with E-state index in [0.717, 1.165) is 44.9 Å². The molecule has 0 aromatic heterocycles. The molecular formula is C24H40O5. The zero-order chi connectivity index (χ0) is 21.2. The van der Waals surface area contributed by atoms with Crippen LogP contribution >= 0.6 is 0 Å². The molecule has 4 aliphatic carbocycles. The van der Waals surface area contributed by atoms with Gasteiger partial charge >= 0.3 is 5.97 Å². The molecule has 0 saturated heterocycles. The molecule has 5 heteroatoms. The first kappa shape index (κ1) is 21.6. The Balaban J connectivity index is 1.59. The number of fused-ring (bicyclic) bond motifs is 5. The van der Waals surface area contributed by atoms with Gasteiger partial charge in [0.25, 0.3) is 0 Å². The molecule has 166 valence electrons. The predicted octanol–water partition coefficient (Wildman–Crippen LogP) is 3.59. The second-order valence-corrected chi connectivity index (χ2v) is 11.5. The largest absolute Gasteiger partial charge is 0.481 e. The lowest BCUT2D eigenvalue weighted by atomic mass is 9.42. The van der Waals surface area contributed by atoms with Gasteiger partial charge in [-0.2, -0.15) is 0 Å². The van der Waals surface area contributed by atoms with Gasteiger partial charge in [-0.1, -0.05) is 20.8 Å². The van der Waals surface area contributed by atoms with Crippen molar-refractivity contribution < 1.29 is 25.2 Å². The van der Waals surface area contributed by atoms with E-state index in [4.69, 9.17) is 5.11 Å². The van der Waals surface area contributed by atoms with Gasteiger partial charge in [0.2, 0.25) is 0 Å². The molecule has 0 spiro atoms. The molecule has 4 fully saturated rings. The molecule has 0 heterocycles. The molecule has 0 unspecified atom stereocenters. The van der Waals surface area contributed by atoms with Crippen LogP contribution in [-0.2, 0) is 4.79 Å². The summed E-state index contributed by atoms with van der Waals surface area (Å²) in [5, 5.41) is 42.3. The quantitative estimate of drug-likeness (QED) is 0.570. The Morgan fingerprint density at radius 3 is 2.48 bits per heavy atom. The highest BCUT2D eigenvalue weighted by molar-refractivity contribution is 5.66. The molecule has 0 bridgehead atoms. The summed E-state index contributed by atoms with van der Waals surface area (Å²) >= 11 is 0. The molecule has 0 aliphatic heterocycles. The fourth-order valence-electron chi connectivity index (χ4n) is 8.71. The summed E-state index contributed by atoms with van der Waals surface area (Å²) in [6.45, 7) is 6.65. The van der Waals surface area contributed by atoms with Gasteiger partial charge in [0.05, 0.1) is 17.8 Å². The molecular weight excluding hydrogens is 368 g/mol. The number of hydrogen-bond acceptors (Lipinski definition) is 4. The molecule has 4 aliphatic rings. The normalized spacial score (nSPS) is 52.9. The molecule has 0 amide bonds. The molecule has 4 N–H and O–H groups in total. The average Bonchev–Trinajstić information content (AvgIpc) is 3.01. The summed E-state index contributed by atoms with van der Waals surface area (Å²) < 4.78 is 0. The molecule has 4 rings (SSSR count). The number of hydrogen-bond donors (Lipinski definition) is 4. The number of carboxylic acids is 1. The van der Waals surface area contributed by atoms with Gasteiger partial charge in [0.1, 0.15) is 0 Å². The van der Waals surface area contributed by atoms with Gasteiger partial charge in [-0.05, 0) is 91.8 Å². The van der Waals surface area contributed by atoms with Crippen molar-refractivity contribution in [2.75, 3.05) is 0 Å². The first-order chi connectivity index (χ1) is 13.5. The highest BCUT2D eigenvalue weighted by Crippen LogP contribution is 2.69. The molecule has 4 saturated carbocycles. The number of carboxylic acid groups (broad SMARTS) is 1. The maximum Gasteiger partial charge on any atom is 0.303 e. The topological polar surface area (TPSA) is 98.0 Å². The minimum atomic E-state index is -0.813. The van der Waals surface area contributed by atoms with Gasteiger partial charge in [-0.15, -0.1) is 0 Å². The summed E-state index contributed by atoms with van der Waals surface area (Å²) in [6.07, 6.45) is 6.76. The van der Waals surface area contributed by atoms with Crippen molar-refractivity contribution in [2.45, 2.75) is 103 Å². The van der Waals surface area contributed by atoms with E-state index in [2.05, 4.69) is 20.8 Å². The lowest BCUT2D eigenvalue weighted by Crippen LogP contribution is -2.65. The van der Waals surface area contributed by atoms with E-state index in [0.29, 0.717) is 42.4 Å². The molecule has 10 atom stereocenters.